The Balaban J connectivity index is 2.10. The van der Waals surface area contributed by atoms with Crippen LogP contribution in [0.2, 0.25) is 5.02 Å². The van der Waals surface area contributed by atoms with Crippen molar-refractivity contribution in [2.24, 2.45) is 0 Å². The average Bonchev–Trinajstić information content (AvgIpc) is 2.98. The summed E-state index contributed by atoms with van der Waals surface area (Å²) in [5.41, 5.74) is 2.30. The van der Waals surface area contributed by atoms with E-state index in [2.05, 4.69) is 43.2 Å². The molecule has 1 aliphatic heterocycles. The normalized spacial score (nSPS) is 15.0. The van der Waals surface area contributed by atoms with Gasteiger partial charge < -0.3 is 10.1 Å². The second-order valence-corrected chi connectivity index (χ2v) is 8.27. The van der Waals surface area contributed by atoms with Crippen LogP contribution in [-0.2, 0) is 6.42 Å². The SMILES string of the molecule is CNC(c1cc(Br)c(Br)s1)c1cc(Cl)cc2c1OCC2. The fraction of sp³-hybridized carbons (Fsp3) is 0.286. The molecule has 6 heteroatoms. The molecule has 0 spiro atoms. The van der Waals surface area contributed by atoms with Gasteiger partial charge in [0.2, 0.25) is 0 Å². The predicted octanol–water partition coefficient (Wildman–Crippen LogP) is 5.17. The van der Waals surface area contributed by atoms with Crippen LogP contribution in [0, 0.1) is 0 Å². The molecule has 0 saturated carbocycles. The van der Waals surface area contributed by atoms with Gasteiger partial charge in [-0.25, -0.2) is 0 Å². The van der Waals surface area contributed by atoms with Crippen molar-refractivity contribution >= 4 is 54.8 Å². The van der Waals surface area contributed by atoms with Gasteiger partial charge in [-0.3, -0.25) is 0 Å². The lowest BCUT2D eigenvalue weighted by atomic mass is 10.0. The number of hydrogen-bond donors (Lipinski definition) is 1. The van der Waals surface area contributed by atoms with Crippen molar-refractivity contribution in [3.63, 3.8) is 0 Å². The van der Waals surface area contributed by atoms with Crippen molar-refractivity contribution in [2.45, 2.75) is 12.5 Å². The number of ether oxygens (including phenoxy) is 1. The van der Waals surface area contributed by atoms with Crippen molar-refractivity contribution in [3.05, 3.63) is 47.5 Å². The number of hydrogen-bond acceptors (Lipinski definition) is 3. The third kappa shape index (κ3) is 2.66. The minimum absolute atomic E-state index is 0.0770. The molecule has 3 rings (SSSR count). The van der Waals surface area contributed by atoms with E-state index in [1.807, 2.05) is 19.2 Å². The number of nitrogens with one attached hydrogen (secondary N) is 1. The molecule has 1 unspecified atom stereocenters. The Morgan fingerprint density at radius 1 is 1.35 bits per heavy atom. The van der Waals surface area contributed by atoms with Crippen molar-refractivity contribution in [1.29, 1.82) is 0 Å². The standard InChI is InChI=1S/C14H12Br2ClNOS/c1-18-12(11-6-10(15)14(16)20-11)9-5-8(17)4-7-2-3-19-13(7)9/h4-6,12,18H,2-3H2,1H3. The lowest BCUT2D eigenvalue weighted by Gasteiger charge is -2.18. The molecule has 0 saturated heterocycles. The number of benzene rings is 1. The summed E-state index contributed by atoms with van der Waals surface area (Å²) >= 11 is 15.0. The highest BCUT2D eigenvalue weighted by Gasteiger charge is 2.25. The smallest absolute Gasteiger partial charge is 0.127 e. The van der Waals surface area contributed by atoms with Crippen LogP contribution in [0.1, 0.15) is 22.0 Å². The molecule has 1 aliphatic rings. The zero-order chi connectivity index (χ0) is 14.3. The molecule has 1 aromatic carbocycles. The monoisotopic (exact) mass is 435 g/mol. The summed E-state index contributed by atoms with van der Waals surface area (Å²) in [5.74, 6) is 0.981. The molecule has 0 amide bonds. The Hall–Kier alpha value is -0.0700. The lowest BCUT2D eigenvalue weighted by Crippen LogP contribution is -2.17. The van der Waals surface area contributed by atoms with Gasteiger partial charge in [-0.15, -0.1) is 11.3 Å². The molecule has 2 heterocycles. The van der Waals surface area contributed by atoms with Crippen LogP contribution < -0.4 is 10.1 Å². The van der Waals surface area contributed by atoms with E-state index in [9.17, 15) is 0 Å². The Labute approximate surface area is 143 Å². The third-order valence-electron chi connectivity index (χ3n) is 3.33. The highest BCUT2D eigenvalue weighted by Crippen LogP contribution is 2.42. The molecule has 106 valence electrons. The minimum atomic E-state index is 0.0770. The average molecular weight is 438 g/mol. The summed E-state index contributed by atoms with van der Waals surface area (Å²) in [4.78, 5) is 1.21. The van der Waals surface area contributed by atoms with Crippen LogP contribution >= 0.6 is 54.8 Å². The molecule has 2 aromatic rings. The third-order valence-corrected chi connectivity index (χ3v) is 6.86. The van der Waals surface area contributed by atoms with E-state index in [1.54, 1.807) is 11.3 Å². The Morgan fingerprint density at radius 3 is 2.80 bits per heavy atom. The van der Waals surface area contributed by atoms with E-state index >= 15 is 0 Å². The summed E-state index contributed by atoms with van der Waals surface area (Å²) in [6.45, 7) is 0.733. The van der Waals surface area contributed by atoms with Gasteiger partial charge in [0.15, 0.2) is 0 Å². The van der Waals surface area contributed by atoms with Crippen molar-refractivity contribution in [2.75, 3.05) is 13.7 Å². The molecule has 1 N–H and O–H groups in total. The quantitative estimate of drug-likeness (QED) is 0.715. The molecule has 0 radical (unpaired) electrons. The maximum Gasteiger partial charge on any atom is 0.127 e. The first-order chi connectivity index (χ1) is 9.60. The van der Waals surface area contributed by atoms with Gasteiger partial charge in [0.1, 0.15) is 5.75 Å². The van der Waals surface area contributed by atoms with Gasteiger partial charge in [0.25, 0.3) is 0 Å². The summed E-state index contributed by atoms with van der Waals surface area (Å²) in [6.07, 6.45) is 0.928. The van der Waals surface area contributed by atoms with E-state index in [-0.39, 0.29) is 6.04 Å². The largest absolute Gasteiger partial charge is 0.493 e. The van der Waals surface area contributed by atoms with Gasteiger partial charge in [0, 0.05) is 26.4 Å². The van der Waals surface area contributed by atoms with E-state index < -0.39 is 0 Å². The van der Waals surface area contributed by atoms with Crippen molar-refractivity contribution in [3.8, 4) is 5.75 Å². The molecular weight excluding hydrogens is 425 g/mol. The van der Waals surface area contributed by atoms with Gasteiger partial charge in [-0.1, -0.05) is 11.6 Å². The molecular formula is C14H12Br2ClNOS. The van der Waals surface area contributed by atoms with Crippen LogP contribution in [0.15, 0.2) is 26.5 Å². The molecule has 1 atom stereocenters. The first-order valence-corrected chi connectivity index (χ1v) is 8.95. The van der Waals surface area contributed by atoms with Crippen LogP contribution in [0.5, 0.6) is 5.75 Å². The second-order valence-electron chi connectivity index (χ2n) is 4.57. The number of rotatable bonds is 3. The minimum Gasteiger partial charge on any atom is -0.493 e. The number of halogens is 3. The van der Waals surface area contributed by atoms with Gasteiger partial charge in [-0.05, 0) is 62.7 Å². The zero-order valence-electron chi connectivity index (χ0n) is 10.7. The summed E-state index contributed by atoms with van der Waals surface area (Å²) in [6, 6.07) is 6.19. The van der Waals surface area contributed by atoms with Crippen molar-refractivity contribution < 1.29 is 4.74 Å². The van der Waals surface area contributed by atoms with Crippen LogP contribution in [0.3, 0.4) is 0 Å². The highest BCUT2D eigenvalue weighted by atomic mass is 79.9. The second kappa shape index (κ2) is 5.97. The number of fused-ring (bicyclic) bond motifs is 1. The Kier molecular flexibility index (Phi) is 4.43. The molecule has 0 bridgehead atoms. The Bertz CT molecular complexity index is 639. The van der Waals surface area contributed by atoms with Crippen molar-refractivity contribution in [1.82, 2.24) is 5.32 Å². The summed E-state index contributed by atoms with van der Waals surface area (Å²) < 4.78 is 7.97. The fourth-order valence-electron chi connectivity index (χ4n) is 2.47. The predicted molar refractivity (Wildman–Crippen MR) is 91.3 cm³/mol. The molecule has 0 aliphatic carbocycles. The molecule has 0 fully saturated rings. The van der Waals surface area contributed by atoms with E-state index in [0.29, 0.717) is 0 Å². The van der Waals surface area contributed by atoms with Gasteiger partial charge in [0.05, 0.1) is 16.4 Å². The topological polar surface area (TPSA) is 21.3 Å². The van der Waals surface area contributed by atoms with E-state index in [4.69, 9.17) is 16.3 Å². The van der Waals surface area contributed by atoms with Gasteiger partial charge in [-0.2, -0.15) is 0 Å². The summed E-state index contributed by atoms with van der Waals surface area (Å²) in [5, 5.41) is 4.13. The lowest BCUT2D eigenvalue weighted by molar-refractivity contribution is 0.351. The maximum atomic E-state index is 6.26. The first kappa shape index (κ1) is 14.9. The van der Waals surface area contributed by atoms with Crippen LogP contribution in [-0.4, -0.2) is 13.7 Å². The fourth-order valence-corrected chi connectivity index (χ4v) is 4.94. The van der Waals surface area contributed by atoms with Crippen LogP contribution in [0.25, 0.3) is 0 Å². The zero-order valence-corrected chi connectivity index (χ0v) is 15.4. The molecule has 1 aromatic heterocycles. The Morgan fingerprint density at radius 2 is 2.15 bits per heavy atom. The van der Waals surface area contributed by atoms with Gasteiger partial charge >= 0.3 is 0 Å². The number of thiophene rings is 1. The first-order valence-electron chi connectivity index (χ1n) is 6.17. The van der Waals surface area contributed by atoms with E-state index in [1.165, 1.54) is 10.4 Å². The highest BCUT2D eigenvalue weighted by molar-refractivity contribution is 9.13. The molecule has 2 nitrogen and oxygen atoms in total. The summed E-state index contributed by atoms with van der Waals surface area (Å²) in [7, 11) is 1.95. The maximum absolute atomic E-state index is 6.26. The van der Waals surface area contributed by atoms with Crippen LogP contribution in [0.4, 0.5) is 0 Å². The van der Waals surface area contributed by atoms with E-state index in [0.717, 1.165) is 37.6 Å². The molecule has 20 heavy (non-hydrogen) atoms.